The van der Waals surface area contributed by atoms with Crippen LogP contribution in [0.25, 0.3) is 10.9 Å². The number of rotatable bonds is 8. The molecule has 0 saturated carbocycles. The van der Waals surface area contributed by atoms with Gasteiger partial charge in [0.25, 0.3) is 0 Å². The summed E-state index contributed by atoms with van der Waals surface area (Å²) < 4.78 is 71.6. The number of benzene rings is 2. The Morgan fingerprint density at radius 3 is 2.74 bits per heavy atom. The highest BCUT2D eigenvalue weighted by molar-refractivity contribution is 5.83. The number of aromatic nitrogens is 1. The average Bonchev–Trinajstić information content (AvgIpc) is 3.44. The van der Waals surface area contributed by atoms with Crippen LogP contribution in [-0.2, 0) is 33.5 Å². The van der Waals surface area contributed by atoms with Crippen molar-refractivity contribution < 1.29 is 36.6 Å². The third-order valence-corrected chi connectivity index (χ3v) is 5.86. The number of nitrogens with one attached hydrogen (secondary N) is 1. The van der Waals surface area contributed by atoms with Crippen molar-refractivity contribution in [1.82, 2.24) is 4.98 Å². The van der Waals surface area contributed by atoms with Gasteiger partial charge in [-0.1, -0.05) is 12.1 Å². The molecular weight excluding hydrogens is 454 g/mol. The highest BCUT2D eigenvalue weighted by Gasteiger charge is 2.36. The maximum atomic E-state index is 14.8. The average molecular weight is 479 g/mol. The van der Waals surface area contributed by atoms with Crippen molar-refractivity contribution in [1.29, 1.82) is 0 Å². The summed E-state index contributed by atoms with van der Waals surface area (Å²) in [5.41, 5.74) is 0.731. The Morgan fingerprint density at radius 1 is 1.21 bits per heavy atom. The van der Waals surface area contributed by atoms with E-state index in [1.807, 2.05) is 0 Å². The van der Waals surface area contributed by atoms with Gasteiger partial charge in [0, 0.05) is 29.8 Å². The Balaban J connectivity index is 1.48. The fraction of sp³-hybridized carbons (Fsp3) is 0.400. The molecule has 1 saturated heterocycles. The Kier molecular flexibility index (Phi) is 7.11. The molecule has 1 fully saturated rings. The summed E-state index contributed by atoms with van der Waals surface area (Å²) in [7, 11) is 0. The van der Waals surface area contributed by atoms with Gasteiger partial charge in [0.15, 0.2) is 5.82 Å². The fourth-order valence-corrected chi connectivity index (χ4v) is 4.16. The second kappa shape index (κ2) is 10.0. The minimum atomic E-state index is -4.49. The molecule has 1 aromatic heterocycles. The molecule has 182 valence electrons. The Bertz CT molecular complexity index is 1170. The zero-order chi connectivity index (χ0) is 24.3. The van der Waals surface area contributed by atoms with Crippen molar-refractivity contribution in [2.24, 2.45) is 0 Å². The van der Waals surface area contributed by atoms with Crippen molar-refractivity contribution in [2.75, 3.05) is 19.8 Å². The molecule has 0 spiro atoms. The number of esters is 1. The molecule has 0 aliphatic carbocycles. The van der Waals surface area contributed by atoms with Gasteiger partial charge < -0.3 is 19.2 Å². The van der Waals surface area contributed by atoms with Crippen molar-refractivity contribution in [3.63, 3.8) is 0 Å². The maximum absolute atomic E-state index is 14.8. The summed E-state index contributed by atoms with van der Waals surface area (Å²) in [5.74, 6) is -0.853. The van der Waals surface area contributed by atoms with Gasteiger partial charge in [-0.25, -0.2) is 4.39 Å². The van der Waals surface area contributed by atoms with Crippen LogP contribution in [0, 0.1) is 5.82 Å². The monoisotopic (exact) mass is 479 g/mol. The van der Waals surface area contributed by atoms with E-state index in [-0.39, 0.29) is 55.2 Å². The molecule has 2 heterocycles. The molecule has 1 aliphatic rings. The van der Waals surface area contributed by atoms with Crippen LogP contribution in [0.3, 0.4) is 0 Å². The van der Waals surface area contributed by atoms with Crippen LogP contribution in [-0.4, -0.2) is 30.8 Å². The third kappa shape index (κ3) is 5.35. The van der Waals surface area contributed by atoms with Crippen LogP contribution in [0.1, 0.15) is 48.1 Å². The van der Waals surface area contributed by atoms with Gasteiger partial charge in [-0.05, 0) is 48.7 Å². The van der Waals surface area contributed by atoms with E-state index in [9.17, 15) is 22.4 Å². The predicted molar refractivity (Wildman–Crippen MR) is 117 cm³/mol. The van der Waals surface area contributed by atoms with Crippen LogP contribution in [0.15, 0.2) is 36.4 Å². The van der Waals surface area contributed by atoms with Crippen molar-refractivity contribution in [2.45, 2.75) is 44.9 Å². The van der Waals surface area contributed by atoms with Crippen LogP contribution >= 0.6 is 0 Å². The van der Waals surface area contributed by atoms with E-state index in [4.69, 9.17) is 14.2 Å². The van der Waals surface area contributed by atoms with E-state index in [1.165, 1.54) is 12.1 Å². The topological polar surface area (TPSA) is 60.6 Å². The summed E-state index contributed by atoms with van der Waals surface area (Å²) in [4.78, 5) is 14.5. The van der Waals surface area contributed by atoms with Crippen LogP contribution in [0.2, 0.25) is 0 Å². The van der Waals surface area contributed by atoms with Gasteiger partial charge in [-0.15, -0.1) is 0 Å². The number of halogens is 4. The van der Waals surface area contributed by atoms with E-state index in [2.05, 4.69) is 4.98 Å². The Morgan fingerprint density at radius 2 is 2.03 bits per heavy atom. The molecule has 9 heteroatoms. The summed E-state index contributed by atoms with van der Waals surface area (Å²) in [6, 6.07) is 8.95. The first kappa shape index (κ1) is 24.1. The highest BCUT2D eigenvalue weighted by atomic mass is 19.4. The largest absolute Gasteiger partial charge is 0.489 e. The minimum Gasteiger partial charge on any atom is -0.489 e. The molecule has 34 heavy (non-hydrogen) atoms. The molecular formula is C25H25F4NO4. The molecule has 0 radical (unpaired) electrons. The maximum Gasteiger partial charge on any atom is 0.416 e. The molecule has 1 unspecified atom stereocenters. The number of fused-ring (bicyclic) bond motifs is 1. The third-order valence-electron chi connectivity index (χ3n) is 5.86. The number of hydrogen-bond donors (Lipinski definition) is 1. The number of aryl methyl sites for hydroxylation is 1. The highest BCUT2D eigenvalue weighted by Crippen LogP contribution is 2.38. The number of H-pyrrole nitrogens is 1. The number of carbonyl (C=O) groups excluding carboxylic acids is 1. The molecule has 0 bridgehead atoms. The fourth-order valence-electron chi connectivity index (χ4n) is 4.16. The van der Waals surface area contributed by atoms with Gasteiger partial charge in [-0.2, -0.15) is 13.2 Å². The van der Waals surface area contributed by atoms with Crippen LogP contribution in [0.5, 0.6) is 5.75 Å². The van der Waals surface area contributed by atoms with E-state index < -0.39 is 23.5 Å². The lowest BCUT2D eigenvalue weighted by Gasteiger charge is -2.18. The van der Waals surface area contributed by atoms with E-state index >= 15 is 0 Å². The minimum absolute atomic E-state index is 0.0471. The first-order chi connectivity index (χ1) is 16.3. The molecule has 1 aliphatic heterocycles. The molecule has 1 N–H and O–H groups in total. The van der Waals surface area contributed by atoms with Crippen molar-refractivity contribution >= 4 is 16.9 Å². The van der Waals surface area contributed by atoms with Gasteiger partial charge in [0.2, 0.25) is 0 Å². The van der Waals surface area contributed by atoms with E-state index in [0.717, 1.165) is 6.07 Å². The summed E-state index contributed by atoms with van der Waals surface area (Å²) >= 11 is 0. The first-order valence-electron chi connectivity index (χ1n) is 11.1. The lowest BCUT2D eigenvalue weighted by molar-refractivity contribution is -0.143. The molecule has 5 nitrogen and oxygen atoms in total. The number of alkyl halides is 3. The first-order valence-corrected chi connectivity index (χ1v) is 11.1. The SMILES string of the molecule is CCOC(=O)CCc1[nH]c2ccc(OCc3ccc(C4CCOC4)c(C(F)(F)F)c3)cc2c1F. The van der Waals surface area contributed by atoms with Gasteiger partial charge >= 0.3 is 12.1 Å². The molecule has 3 aromatic rings. The van der Waals surface area contributed by atoms with Crippen molar-refractivity contribution in [3.05, 3.63) is 64.6 Å². The van der Waals surface area contributed by atoms with E-state index in [0.29, 0.717) is 29.9 Å². The lowest BCUT2D eigenvalue weighted by Crippen LogP contribution is -2.13. The molecule has 2 aromatic carbocycles. The normalized spacial score (nSPS) is 16.2. The molecule has 4 rings (SSSR count). The van der Waals surface area contributed by atoms with Crippen LogP contribution in [0.4, 0.5) is 17.6 Å². The predicted octanol–water partition coefficient (Wildman–Crippen LogP) is 5.90. The summed E-state index contributed by atoms with van der Waals surface area (Å²) in [6.07, 6.45) is -3.72. The summed E-state index contributed by atoms with van der Waals surface area (Å²) in [5, 5.41) is 0.281. The quantitative estimate of drug-likeness (QED) is 0.323. The second-order valence-electron chi connectivity index (χ2n) is 8.20. The van der Waals surface area contributed by atoms with E-state index in [1.54, 1.807) is 25.1 Å². The lowest BCUT2D eigenvalue weighted by atomic mass is 9.92. The Hall–Kier alpha value is -3.07. The number of hydrogen-bond acceptors (Lipinski definition) is 4. The molecule has 0 amide bonds. The second-order valence-corrected chi connectivity index (χ2v) is 8.20. The standard InChI is InChI=1S/C25H25F4NO4/c1-2-33-23(31)8-7-22-24(26)19-12-17(4-6-21(19)30-22)34-13-15-3-5-18(16-9-10-32-14-16)20(11-15)25(27,28)29/h3-6,11-12,16,30H,2,7-10,13-14H2,1H3. The van der Waals surface area contributed by atoms with Crippen molar-refractivity contribution in [3.8, 4) is 5.75 Å². The van der Waals surface area contributed by atoms with Crippen LogP contribution < -0.4 is 4.74 Å². The number of aromatic amines is 1. The Labute approximate surface area is 194 Å². The number of carbonyl (C=O) groups is 1. The zero-order valence-corrected chi connectivity index (χ0v) is 18.6. The smallest absolute Gasteiger partial charge is 0.416 e. The summed E-state index contributed by atoms with van der Waals surface area (Å²) in [6.45, 7) is 2.60. The zero-order valence-electron chi connectivity index (χ0n) is 18.6. The van der Waals surface area contributed by atoms with Gasteiger partial charge in [0.05, 0.1) is 30.9 Å². The number of ether oxygens (including phenoxy) is 3. The van der Waals surface area contributed by atoms with Gasteiger partial charge in [-0.3, -0.25) is 4.79 Å². The molecule has 1 atom stereocenters. The van der Waals surface area contributed by atoms with Gasteiger partial charge in [0.1, 0.15) is 12.4 Å².